The van der Waals surface area contributed by atoms with Crippen LogP contribution in [0.2, 0.25) is 0 Å². The van der Waals surface area contributed by atoms with Gasteiger partial charge < -0.3 is 10.1 Å². The number of rotatable bonds is 0. The maximum absolute atomic E-state index is 6.32. The molecular formula is C24H29N3O. The fourth-order valence-corrected chi connectivity index (χ4v) is 5.27. The van der Waals surface area contributed by atoms with Crippen molar-refractivity contribution in [3.05, 3.63) is 46.1 Å². The van der Waals surface area contributed by atoms with Gasteiger partial charge in [-0.3, -0.25) is 4.99 Å². The van der Waals surface area contributed by atoms with Gasteiger partial charge >= 0.3 is 0 Å². The molecule has 2 aromatic carbocycles. The predicted octanol–water partition coefficient (Wildman–Crippen LogP) is 5.35. The second kappa shape index (κ2) is 5.59. The Morgan fingerprint density at radius 3 is 2.43 bits per heavy atom. The molecule has 0 spiro atoms. The highest BCUT2D eigenvalue weighted by atomic mass is 16.5. The lowest BCUT2D eigenvalue weighted by Crippen LogP contribution is -2.36. The normalized spacial score (nSPS) is 25.5. The number of benzene rings is 2. The standard InChI is InChI=1S/C24H29N3O/c1-13-11-23(3,4)26-17-9-21-19(7-15(13)17)25-20-8-16-14(2)12-24(5,6)27-18(16)10-22(20)28-21/h7-10,13-14,26H,11-12H2,1-6H3. The summed E-state index contributed by atoms with van der Waals surface area (Å²) < 4.78 is 6.32. The van der Waals surface area contributed by atoms with Crippen molar-refractivity contribution in [1.82, 2.24) is 0 Å². The van der Waals surface area contributed by atoms with E-state index in [1.165, 1.54) is 16.8 Å². The van der Waals surface area contributed by atoms with Gasteiger partial charge in [-0.2, -0.15) is 0 Å². The third-order valence-electron chi connectivity index (χ3n) is 6.28. The van der Waals surface area contributed by atoms with Gasteiger partial charge in [0.05, 0.1) is 10.9 Å². The van der Waals surface area contributed by atoms with Gasteiger partial charge in [0.15, 0.2) is 11.5 Å². The highest BCUT2D eigenvalue weighted by molar-refractivity contribution is 5.69. The summed E-state index contributed by atoms with van der Waals surface area (Å²) in [5.74, 6) is 2.60. The van der Waals surface area contributed by atoms with Crippen molar-refractivity contribution in [3.8, 4) is 11.5 Å². The van der Waals surface area contributed by atoms with Gasteiger partial charge in [-0.25, -0.2) is 4.99 Å². The monoisotopic (exact) mass is 375 g/mol. The molecule has 2 unspecified atom stereocenters. The van der Waals surface area contributed by atoms with Crippen LogP contribution in [0.5, 0.6) is 11.5 Å². The summed E-state index contributed by atoms with van der Waals surface area (Å²) in [6.45, 7) is 13.5. The molecule has 1 N–H and O–H groups in total. The van der Waals surface area contributed by atoms with E-state index in [0.717, 1.165) is 40.7 Å². The molecule has 28 heavy (non-hydrogen) atoms. The first-order chi connectivity index (χ1) is 13.1. The van der Waals surface area contributed by atoms with Crippen molar-refractivity contribution in [2.24, 2.45) is 9.98 Å². The fourth-order valence-electron chi connectivity index (χ4n) is 5.27. The van der Waals surface area contributed by atoms with Crippen LogP contribution < -0.4 is 20.8 Å². The second-order valence-corrected chi connectivity index (χ2v) is 10.1. The van der Waals surface area contributed by atoms with Gasteiger partial charge in [0.1, 0.15) is 11.0 Å². The summed E-state index contributed by atoms with van der Waals surface area (Å²) in [6, 6.07) is 8.59. The van der Waals surface area contributed by atoms with E-state index in [9.17, 15) is 0 Å². The molecule has 2 aromatic rings. The molecule has 3 heterocycles. The fraction of sp³-hybridized carbons (Fsp3) is 0.500. The number of anilines is 1. The minimum absolute atomic E-state index is 0.0327. The number of hydrogen-bond acceptors (Lipinski definition) is 4. The molecule has 0 radical (unpaired) electrons. The third-order valence-corrected chi connectivity index (χ3v) is 6.28. The Labute approximate surface area is 166 Å². The number of ether oxygens (including phenoxy) is 1. The summed E-state index contributed by atoms with van der Waals surface area (Å²) >= 11 is 0. The molecule has 0 aliphatic carbocycles. The number of nitrogens with zero attached hydrogens (tertiary/aromatic N) is 2. The zero-order valence-electron chi connectivity index (χ0n) is 17.7. The molecule has 0 saturated heterocycles. The van der Waals surface area contributed by atoms with Gasteiger partial charge in [0, 0.05) is 23.4 Å². The summed E-state index contributed by atoms with van der Waals surface area (Å²) in [5.41, 5.74) is 4.76. The van der Waals surface area contributed by atoms with Crippen molar-refractivity contribution in [3.63, 3.8) is 0 Å². The SMILES string of the molecule is CC1CC(C)(C)Nc2cc3c(cc21)N=c1cc2c(cc1O3)=NC(C)(C)CC2C. The van der Waals surface area contributed by atoms with Gasteiger partial charge in [0.2, 0.25) is 0 Å². The van der Waals surface area contributed by atoms with Crippen LogP contribution >= 0.6 is 0 Å². The van der Waals surface area contributed by atoms with Gasteiger partial charge in [-0.15, -0.1) is 0 Å². The molecule has 0 fully saturated rings. The van der Waals surface area contributed by atoms with Crippen LogP contribution in [0.3, 0.4) is 0 Å². The Balaban J connectivity index is 1.67. The van der Waals surface area contributed by atoms with Crippen LogP contribution in [0, 0.1) is 0 Å². The van der Waals surface area contributed by atoms with E-state index in [-0.39, 0.29) is 11.1 Å². The number of hydrogen-bond donors (Lipinski definition) is 1. The Kier molecular flexibility index (Phi) is 3.54. The van der Waals surface area contributed by atoms with Crippen LogP contribution in [-0.2, 0) is 0 Å². The van der Waals surface area contributed by atoms with Crippen molar-refractivity contribution < 1.29 is 4.74 Å². The second-order valence-electron chi connectivity index (χ2n) is 10.1. The van der Waals surface area contributed by atoms with E-state index in [1.807, 2.05) is 0 Å². The average molecular weight is 376 g/mol. The number of nitrogens with one attached hydrogen (secondary N) is 1. The maximum atomic E-state index is 6.32. The van der Waals surface area contributed by atoms with E-state index in [4.69, 9.17) is 14.7 Å². The Bertz CT molecular complexity index is 1110. The molecule has 4 heteroatoms. The van der Waals surface area contributed by atoms with Gasteiger partial charge in [-0.05, 0) is 75.6 Å². The molecule has 0 saturated carbocycles. The highest BCUT2D eigenvalue weighted by Gasteiger charge is 2.31. The zero-order chi connectivity index (χ0) is 19.8. The van der Waals surface area contributed by atoms with Crippen LogP contribution in [-0.4, -0.2) is 11.1 Å². The minimum Gasteiger partial charge on any atom is -0.453 e. The van der Waals surface area contributed by atoms with Crippen LogP contribution in [0.1, 0.15) is 77.3 Å². The van der Waals surface area contributed by atoms with Gasteiger partial charge in [-0.1, -0.05) is 13.8 Å². The van der Waals surface area contributed by atoms with E-state index in [0.29, 0.717) is 11.8 Å². The molecular weight excluding hydrogens is 346 g/mol. The Morgan fingerprint density at radius 1 is 0.893 bits per heavy atom. The highest BCUT2D eigenvalue weighted by Crippen LogP contribution is 2.45. The predicted molar refractivity (Wildman–Crippen MR) is 113 cm³/mol. The molecule has 3 aliphatic rings. The average Bonchev–Trinajstić information content (AvgIpc) is 2.55. The van der Waals surface area contributed by atoms with Crippen LogP contribution in [0.4, 0.5) is 11.4 Å². The van der Waals surface area contributed by atoms with Crippen molar-refractivity contribution >= 4 is 11.4 Å². The molecule has 146 valence electrons. The molecule has 4 nitrogen and oxygen atoms in total. The minimum atomic E-state index is -0.0327. The van der Waals surface area contributed by atoms with E-state index in [2.05, 4.69) is 71.1 Å². The third kappa shape index (κ3) is 2.81. The molecule has 0 amide bonds. The largest absolute Gasteiger partial charge is 0.453 e. The van der Waals surface area contributed by atoms with Crippen LogP contribution in [0.15, 0.2) is 34.3 Å². The maximum Gasteiger partial charge on any atom is 0.155 e. The Hall–Kier alpha value is -2.36. The first-order valence-electron chi connectivity index (χ1n) is 10.4. The molecule has 0 aromatic heterocycles. The molecule has 0 bridgehead atoms. The topological polar surface area (TPSA) is 46.0 Å². The molecule has 5 rings (SSSR count). The lowest BCUT2D eigenvalue weighted by molar-refractivity contribution is 0.405. The first-order valence-corrected chi connectivity index (χ1v) is 10.4. The zero-order valence-corrected chi connectivity index (χ0v) is 17.7. The van der Waals surface area contributed by atoms with E-state index < -0.39 is 0 Å². The Morgan fingerprint density at radius 2 is 1.64 bits per heavy atom. The van der Waals surface area contributed by atoms with Crippen molar-refractivity contribution in [2.75, 3.05) is 5.32 Å². The van der Waals surface area contributed by atoms with Gasteiger partial charge in [0.25, 0.3) is 0 Å². The van der Waals surface area contributed by atoms with Crippen molar-refractivity contribution in [1.29, 1.82) is 0 Å². The van der Waals surface area contributed by atoms with Crippen LogP contribution in [0.25, 0.3) is 0 Å². The number of fused-ring (bicyclic) bond motifs is 4. The quantitative estimate of drug-likeness (QED) is 0.576. The lowest BCUT2D eigenvalue weighted by Gasteiger charge is -2.38. The summed E-state index contributed by atoms with van der Waals surface area (Å²) in [7, 11) is 0. The van der Waals surface area contributed by atoms with E-state index >= 15 is 0 Å². The van der Waals surface area contributed by atoms with E-state index in [1.54, 1.807) is 0 Å². The molecule has 2 atom stereocenters. The smallest absolute Gasteiger partial charge is 0.155 e. The summed E-state index contributed by atoms with van der Waals surface area (Å²) in [4.78, 5) is 9.93. The summed E-state index contributed by atoms with van der Waals surface area (Å²) in [6.07, 6.45) is 2.17. The molecule has 3 aliphatic heterocycles. The first kappa shape index (κ1) is 17.7. The summed E-state index contributed by atoms with van der Waals surface area (Å²) in [5, 5.41) is 5.64. The van der Waals surface area contributed by atoms with Crippen molar-refractivity contribution in [2.45, 2.75) is 77.3 Å². The lowest BCUT2D eigenvalue weighted by atomic mass is 9.81.